The zero-order chi connectivity index (χ0) is 33.6. The van der Waals surface area contributed by atoms with Crippen molar-refractivity contribution in [1.82, 2.24) is 10.6 Å². The zero-order valence-corrected chi connectivity index (χ0v) is 28.6. The quantitative estimate of drug-likeness (QED) is 0.151. The summed E-state index contributed by atoms with van der Waals surface area (Å²) in [6.45, 7) is 12.2. The first-order valence-electron chi connectivity index (χ1n) is 15.5. The van der Waals surface area contributed by atoms with Crippen LogP contribution in [0.1, 0.15) is 80.1 Å². The molecule has 12 nitrogen and oxygen atoms in total. The van der Waals surface area contributed by atoms with Gasteiger partial charge in [0.05, 0.1) is 31.5 Å². The van der Waals surface area contributed by atoms with Crippen LogP contribution in [0, 0.1) is 11.3 Å². The number of methoxy groups -OCH3 is 2. The van der Waals surface area contributed by atoms with Gasteiger partial charge in [0.1, 0.15) is 35.2 Å². The van der Waals surface area contributed by atoms with E-state index in [1.807, 2.05) is 34.6 Å². The number of rotatable bonds is 15. The van der Waals surface area contributed by atoms with Crippen LogP contribution in [-0.4, -0.2) is 97.5 Å². The van der Waals surface area contributed by atoms with Gasteiger partial charge < -0.3 is 29.0 Å². The third-order valence-electron chi connectivity index (χ3n) is 8.72. The molecule has 2 heterocycles. The largest absolute Gasteiger partial charge is 0.467 e. The van der Waals surface area contributed by atoms with Gasteiger partial charge in [0.15, 0.2) is 0 Å². The maximum absolute atomic E-state index is 12.7. The number of carbonyl (C=O) groups is 5. The number of ether oxygens (including phenoxy) is 5. The number of imide groups is 1. The van der Waals surface area contributed by atoms with Crippen molar-refractivity contribution < 1.29 is 47.7 Å². The van der Waals surface area contributed by atoms with Gasteiger partial charge in [-0.3, -0.25) is 19.7 Å². The van der Waals surface area contributed by atoms with Gasteiger partial charge in [-0.2, -0.15) is 0 Å². The number of amides is 3. The minimum atomic E-state index is -0.990. The van der Waals surface area contributed by atoms with Gasteiger partial charge in [-0.05, 0) is 46.5 Å². The second-order valence-electron chi connectivity index (χ2n) is 13.6. The number of hydrogen-bond acceptors (Lipinski definition) is 11. The molecule has 1 saturated carbocycles. The van der Waals surface area contributed by atoms with Crippen LogP contribution in [0.2, 0.25) is 0 Å². The number of thioether (sulfide) groups is 1. The van der Waals surface area contributed by atoms with Crippen molar-refractivity contribution >= 4 is 41.4 Å². The van der Waals surface area contributed by atoms with E-state index >= 15 is 0 Å². The molecule has 0 aromatic carbocycles. The Morgan fingerprint density at radius 3 is 2.36 bits per heavy atom. The summed E-state index contributed by atoms with van der Waals surface area (Å²) in [7, 11) is 2.78. The van der Waals surface area contributed by atoms with E-state index in [0.29, 0.717) is 25.9 Å². The number of esters is 1. The lowest BCUT2D eigenvalue weighted by Crippen LogP contribution is -2.56. The smallest absolute Gasteiger partial charge is 0.414 e. The first kappa shape index (κ1) is 37.0. The van der Waals surface area contributed by atoms with E-state index in [4.69, 9.17) is 23.7 Å². The highest BCUT2D eigenvalue weighted by atomic mass is 32.2. The normalized spacial score (nSPS) is 29.2. The van der Waals surface area contributed by atoms with E-state index < -0.39 is 53.1 Å². The topological polar surface area (TPSA) is 162 Å². The first-order chi connectivity index (χ1) is 21.1. The average molecular weight is 655 g/mol. The number of carbonyl (C=O) groups excluding carboxylic acids is 5. The summed E-state index contributed by atoms with van der Waals surface area (Å²) in [5, 5.41) is 4.85. The number of hydrogen-bond donors (Lipinski definition) is 2. The molecule has 0 radical (unpaired) electrons. The van der Waals surface area contributed by atoms with Gasteiger partial charge in [-0.25, -0.2) is 9.59 Å². The number of alkyl carbamates (subject to hydrolysis) is 1. The molecule has 3 rings (SSSR count). The maximum Gasteiger partial charge on any atom is 0.414 e. The third-order valence-corrected chi connectivity index (χ3v) is 9.76. The zero-order valence-electron chi connectivity index (χ0n) is 27.8. The van der Waals surface area contributed by atoms with Gasteiger partial charge in [-0.15, -0.1) is 11.8 Å². The number of ketones is 1. The van der Waals surface area contributed by atoms with Crippen molar-refractivity contribution in [3.8, 4) is 0 Å². The van der Waals surface area contributed by atoms with Crippen molar-refractivity contribution in [2.24, 2.45) is 11.3 Å². The first-order valence-corrected chi connectivity index (χ1v) is 16.7. The monoisotopic (exact) mass is 654 g/mol. The van der Waals surface area contributed by atoms with E-state index in [-0.39, 0.29) is 47.8 Å². The maximum atomic E-state index is 12.7. The molecule has 7 atom stereocenters. The van der Waals surface area contributed by atoms with Gasteiger partial charge >= 0.3 is 12.1 Å². The Morgan fingerprint density at radius 2 is 1.78 bits per heavy atom. The Balaban J connectivity index is 1.47. The van der Waals surface area contributed by atoms with Crippen molar-refractivity contribution in [2.75, 3.05) is 32.3 Å². The number of Topliss-reactive ketones (excluding diaryl/α,β-unsaturated/α-hetero) is 1. The van der Waals surface area contributed by atoms with Crippen LogP contribution < -0.4 is 10.6 Å². The fourth-order valence-electron chi connectivity index (χ4n) is 6.02. The number of epoxide rings is 2. The molecule has 0 aromatic heterocycles. The number of allylic oxidation sites excluding steroid dienone is 1. The lowest BCUT2D eigenvalue weighted by atomic mass is 9.68. The van der Waals surface area contributed by atoms with Gasteiger partial charge in [0.2, 0.25) is 11.8 Å². The fraction of sp³-hybridized carbons (Fsp3) is 0.781. The van der Waals surface area contributed by atoms with E-state index in [1.54, 1.807) is 7.11 Å². The van der Waals surface area contributed by atoms with Crippen molar-refractivity contribution in [3.05, 3.63) is 11.6 Å². The molecule has 2 N–H and O–H groups in total. The van der Waals surface area contributed by atoms with Gasteiger partial charge in [0, 0.05) is 31.1 Å². The highest BCUT2D eigenvalue weighted by Crippen LogP contribution is 2.59. The minimum absolute atomic E-state index is 0.0126. The second-order valence-corrected chi connectivity index (χ2v) is 14.6. The highest BCUT2D eigenvalue weighted by Gasteiger charge is 2.72. The van der Waals surface area contributed by atoms with Crippen LogP contribution in [0.5, 0.6) is 0 Å². The van der Waals surface area contributed by atoms with Gasteiger partial charge in [0.25, 0.3) is 0 Å². The molecule has 1 aliphatic carbocycles. The Labute approximate surface area is 270 Å². The van der Waals surface area contributed by atoms with E-state index in [0.717, 1.165) is 18.2 Å². The molecule has 3 aliphatic rings. The van der Waals surface area contributed by atoms with E-state index in [1.165, 1.54) is 12.7 Å². The molecule has 0 aromatic rings. The highest BCUT2D eigenvalue weighted by molar-refractivity contribution is 8.00. The second kappa shape index (κ2) is 15.4. The Kier molecular flexibility index (Phi) is 12.7. The molecule has 3 amide bonds. The number of nitrogens with one attached hydrogen (secondary N) is 2. The van der Waals surface area contributed by atoms with E-state index in [2.05, 4.69) is 23.6 Å². The predicted molar refractivity (Wildman–Crippen MR) is 168 cm³/mol. The molecule has 13 heteroatoms. The van der Waals surface area contributed by atoms with Gasteiger partial charge in [-0.1, -0.05) is 32.4 Å². The fourth-order valence-corrected chi connectivity index (χ4v) is 6.85. The van der Waals surface area contributed by atoms with Crippen LogP contribution in [-0.2, 0) is 42.9 Å². The summed E-state index contributed by atoms with van der Waals surface area (Å²) in [6.07, 6.45) is 2.86. The van der Waals surface area contributed by atoms with Crippen LogP contribution in [0.25, 0.3) is 0 Å². The van der Waals surface area contributed by atoms with Crippen LogP contribution in [0.4, 0.5) is 4.79 Å². The molecule has 45 heavy (non-hydrogen) atoms. The lowest BCUT2D eigenvalue weighted by Gasteiger charge is -2.42. The summed E-state index contributed by atoms with van der Waals surface area (Å²) in [5.74, 6) is -1.87. The SMILES string of the molecule is COC(=O)[C@@H](CSCC(=O)NC(=O)O[C@@H]1CC[C@]2(CO2)[C@@H]([C@]2(C)O[C@@H]2CC=C(C)C)[C@@H]1OC)NC(=O)CCCC(=O)C(C)(C)C. The van der Waals surface area contributed by atoms with Crippen LogP contribution >= 0.6 is 11.8 Å². The summed E-state index contributed by atoms with van der Waals surface area (Å²) in [6, 6.07) is -0.990. The summed E-state index contributed by atoms with van der Waals surface area (Å²) < 4.78 is 28.5. The van der Waals surface area contributed by atoms with Crippen molar-refractivity contribution in [3.63, 3.8) is 0 Å². The Hall–Kier alpha value is -2.48. The van der Waals surface area contributed by atoms with E-state index in [9.17, 15) is 24.0 Å². The minimum Gasteiger partial charge on any atom is -0.467 e. The molecule has 3 fully saturated rings. The van der Waals surface area contributed by atoms with Crippen molar-refractivity contribution in [1.29, 1.82) is 0 Å². The third kappa shape index (κ3) is 10.0. The summed E-state index contributed by atoms with van der Waals surface area (Å²) in [4.78, 5) is 62.0. The standard InChI is InChI=1S/C32H50N2O10S/c1-19(2)12-13-23-31(6,44-23)27-26(40-7)21(14-15-32(27)18-42-32)43-29(39)34-25(37)17-45-16-20(28(38)41-8)33-24(36)11-9-10-22(35)30(3,4)5/h12,20-21,23,26-27H,9-11,13-18H2,1-8H3,(H,33,36)(H,34,37,39)/t20-,21-,23-,26-,27-,31-,32+/m1/s1. The lowest BCUT2D eigenvalue weighted by molar-refractivity contribution is -0.144. The molecule has 0 bridgehead atoms. The molecular formula is C32H50N2O10S. The van der Waals surface area contributed by atoms with Crippen LogP contribution in [0.3, 0.4) is 0 Å². The molecule has 2 aliphatic heterocycles. The molecule has 254 valence electrons. The molecule has 2 saturated heterocycles. The predicted octanol–water partition coefficient (Wildman–Crippen LogP) is 3.49. The Morgan fingerprint density at radius 1 is 1.09 bits per heavy atom. The van der Waals surface area contributed by atoms with Crippen molar-refractivity contribution in [2.45, 2.75) is 116 Å². The summed E-state index contributed by atoms with van der Waals surface area (Å²) >= 11 is 1.06. The van der Waals surface area contributed by atoms with Crippen LogP contribution in [0.15, 0.2) is 11.6 Å². The molecule has 1 spiro atoms. The summed E-state index contributed by atoms with van der Waals surface area (Å²) in [5.41, 5.74) is -0.118. The molecule has 0 unspecified atom stereocenters. The Bertz CT molecular complexity index is 1140. The average Bonchev–Trinajstić information content (AvgIpc) is 3.87. The molecular weight excluding hydrogens is 604 g/mol.